The van der Waals surface area contributed by atoms with Crippen LogP contribution in [0.25, 0.3) is 0 Å². The molecule has 0 fully saturated rings. The highest BCUT2D eigenvalue weighted by Gasteiger charge is 2.20. The SMILES string of the molecule is CCc1nn(CC)c(CC(O)c2ccc(Cl)cc2F)c1Cl. The number of nitrogens with zero attached hydrogens (tertiary/aromatic N) is 2. The Morgan fingerprint density at radius 1 is 1.33 bits per heavy atom. The third-order valence-corrected chi connectivity index (χ3v) is 4.07. The van der Waals surface area contributed by atoms with Gasteiger partial charge in [0.1, 0.15) is 5.82 Å². The largest absolute Gasteiger partial charge is 0.388 e. The number of rotatable bonds is 5. The molecule has 1 aromatic carbocycles. The summed E-state index contributed by atoms with van der Waals surface area (Å²) in [5.41, 5.74) is 1.72. The van der Waals surface area contributed by atoms with Crippen LogP contribution < -0.4 is 0 Å². The number of aliphatic hydroxyl groups excluding tert-OH is 1. The first kappa shape index (κ1) is 16.3. The van der Waals surface area contributed by atoms with E-state index in [-0.39, 0.29) is 12.0 Å². The predicted octanol–water partition coefficient (Wildman–Crippen LogP) is 4.19. The Labute approximate surface area is 133 Å². The van der Waals surface area contributed by atoms with Gasteiger partial charge in [0.15, 0.2) is 0 Å². The van der Waals surface area contributed by atoms with Crippen LogP contribution in [-0.4, -0.2) is 14.9 Å². The van der Waals surface area contributed by atoms with Gasteiger partial charge in [-0.25, -0.2) is 4.39 Å². The van der Waals surface area contributed by atoms with Gasteiger partial charge in [0.25, 0.3) is 0 Å². The number of aromatic nitrogens is 2. The maximum absolute atomic E-state index is 13.9. The van der Waals surface area contributed by atoms with Crippen LogP contribution in [0.4, 0.5) is 4.39 Å². The van der Waals surface area contributed by atoms with Crippen molar-refractivity contribution in [2.45, 2.75) is 39.3 Å². The summed E-state index contributed by atoms with van der Waals surface area (Å²) < 4.78 is 15.6. The van der Waals surface area contributed by atoms with Crippen LogP contribution in [0.5, 0.6) is 0 Å². The van der Waals surface area contributed by atoms with Gasteiger partial charge in [0, 0.05) is 23.6 Å². The molecule has 2 rings (SSSR count). The highest BCUT2D eigenvalue weighted by Crippen LogP contribution is 2.28. The van der Waals surface area contributed by atoms with E-state index in [1.165, 1.54) is 12.1 Å². The fraction of sp³-hybridized carbons (Fsp3) is 0.400. The maximum atomic E-state index is 13.9. The highest BCUT2D eigenvalue weighted by atomic mass is 35.5. The molecular weight excluding hydrogens is 314 g/mol. The van der Waals surface area contributed by atoms with Crippen molar-refractivity contribution < 1.29 is 9.50 Å². The number of benzene rings is 1. The van der Waals surface area contributed by atoms with E-state index in [4.69, 9.17) is 23.2 Å². The molecule has 0 saturated heterocycles. The van der Waals surface area contributed by atoms with Crippen molar-refractivity contribution in [1.29, 1.82) is 0 Å². The van der Waals surface area contributed by atoms with Crippen LogP contribution in [0.1, 0.15) is 36.9 Å². The van der Waals surface area contributed by atoms with Crippen LogP contribution >= 0.6 is 23.2 Å². The minimum atomic E-state index is -0.994. The third-order valence-electron chi connectivity index (χ3n) is 3.40. The van der Waals surface area contributed by atoms with Crippen LogP contribution in [0.3, 0.4) is 0 Å². The molecule has 3 nitrogen and oxygen atoms in total. The summed E-state index contributed by atoms with van der Waals surface area (Å²) >= 11 is 12.0. The average molecular weight is 331 g/mol. The van der Waals surface area contributed by atoms with Gasteiger partial charge >= 0.3 is 0 Å². The summed E-state index contributed by atoms with van der Waals surface area (Å²) in [6, 6.07) is 4.24. The summed E-state index contributed by atoms with van der Waals surface area (Å²) in [4.78, 5) is 0. The molecule has 0 amide bonds. The van der Waals surface area contributed by atoms with Crippen molar-refractivity contribution in [2.75, 3.05) is 0 Å². The number of aliphatic hydroxyl groups is 1. The van der Waals surface area contributed by atoms with Gasteiger partial charge in [-0.15, -0.1) is 0 Å². The monoisotopic (exact) mass is 330 g/mol. The summed E-state index contributed by atoms with van der Waals surface area (Å²) in [7, 11) is 0. The average Bonchev–Trinajstić information content (AvgIpc) is 2.75. The van der Waals surface area contributed by atoms with Crippen molar-refractivity contribution in [2.24, 2.45) is 0 Å². The number of hydrogen-bond acceptors (Lipinski definition) is 2. The van der Waals surface area contributed by atoms with E-state index in [0.29, 0.717) is 23.0 Å². The molecule has 0 spiro atoms. The minimum Gasteiger partial charge on any atom is -0.388 e. The van der Waals surface area contributed by atoms with Crippen molar-refractivity contribution in [3.8, 4) is 0 Å². The van der Waals surface area contributed by atoms with E-state index in [1.807, 2.05) is 13.8 Å². The first-order chi connectivity index (χ1) is 9.97. The fourth-order valence-corrected chi connectivity index (χ4v) is 2.78. The van der Waals surface area contributed by atoms with Gasteiger partial charge in [0.2, 0.25) is 0 Å². The molecule has 1 aromatic heterocycles. The maximum Gasteiger partial charge on any atom is 0.130 e. The second-order valence-corrected chi connectivity index (χ2v) is 5.58. The Balaban J connectivity index is 2.31. The molecule has 114 valence electrons. The molecule has 1 unspecified atom stereocenters. The van der Waals surface area contributed by atoms with Crippen LogP contribution in [0, 0.1) is 5.82 Å². The van der Waals surface area contributed by atoms with Gasteiger partial charge < -0.3 is 5.11 Å². The molecule has 6 heteroatoms. The number of hydrogen-bond donors (Lipinski definition) is 1. The normalized spacial score (nSPS) is 12.7. The lowest BCUT2D eigenvalue weighted by atomic mass is 10.0. The lowest BCUT2D eigenvalue weighted by molar-refractivity contribution is 0.170. The van der Waals surface area contributed by atoms with E-state index in [0.717, 1.165) is 11.4 Å². The van der Waals surface area contributed by atoms with Crippen molar-refractivity contribution in [3.05, 3.63) is 51.0 Å². The molecular formula is C15H17Cl2FN2O. The molecule has 0 radical (unpaired) electrons. The Hall–Kier alpha value is -1.10. The Kier molecular flexibility index (Phi) is 5.25. The molecule has 2 aromatic rings. The van der Waals surface area contributed by atoms with Gasteiger partial charge in [-0.2, -0.15) is 5.10 Å². The lowest BCUT2D eigenvalue weighted by Crippen LogP contribution is -2.10. The quantitative estimate of drug-likeness (QED) is 0.892. The zero-order valence-electron chi connectivity index (χ0n) is 11.9. The van der Waals surface area contributed by atoms with Gasteiger partial charge in [-0.1, -0.05) is 36.2 Å². The first-order valence-corrected chi connectivity index (χ1v) is 7.60. The van der Waals surface area contributed by atoms with Crippen molar-refractivity contribution >= 4 is 23.2 Å². The zero-order chi connectivity index (χ0) is 15.6. The van der Waals surface area contributed by atoms with E-state index >= 15 is 0 Å². The number of aryl methyl sites for hydroxylation is 2. The number of halogens is 3. The molecule has 1 heterocycles. The second-order valence-electron chi connectivity index (χ2n) is 4.76. The Morgan fingerprint density at radius 2 is 2.05 bits per heavy atom. The Bertz CT molecular complexity index is 643. The van der Waals surface area contributed by atoms with Gasteiger partial charge in [-0.05, 0) is 25.5 Å². The van der Waals surface area contributed by atoms with E-state index in [1.54, 1.807) is 10.7 Å². The molecule has 21 heavy (non-hydrogen) atoms. The van der Waals surface area contributed by atoms with Crippen LogP contribution in [0.2, 0.25) is 10.0 Å². The molecule has 0 saturated carbocycles. The van der Waals surface area contributed by atoms with Gasteiger partial charge in [0.05, 0.1) is 22.5 Å². The summed E-state index contributed by atoms with van der Waals surface area (Å²) in [5, 5.41) is 15.5. The lowest BCUT2D eigenvalue weighted by Gasteiger charge is -2.13. The van der Waals surface area contributed by atoms with Crippen molar-refractivity contribution in [3.63, 3.8) is 0 Å². The summed E-state index contributed by atoms with van der Waals surface area (Å²) in [6.07, 6.45) is -0.0749. The molecule has 0 aliphatic carbocycles. The van der Waals surface area contributed by atoms with E-state index in [2.05, 4.69) is 5.10 Å². The third kappa shape index (κ3) is 3.39. The summed E-state index contributed by atoms with van der Waals surface area (Å²) in [5.74, 6) is -0.524. The molecule has 1 N–H and O–H groups in total. The van der Waals surface area contributed by atoms with Crippen LogP contribution in [-0.2, 0) is 19.4 Å². The molecule has 0 aliphatic rings. The molecule has 1 atom stereocenters. The van der Waals surface area contributed by atoms with Gasteiger partial charge in [-0.3, -0.25) is 4.68 Å². The fourth-order valence-electron chi connectivity index (χ4n) is 2.28. The smallest absolute Gasteiger partial charge is 0.130 e. The standard InChI is InChI=1S/C15H17Cl2FN2O/c1-3-12-15(17)13(20(4-2)19-12)8-14(21)10-6-5-9(16)7-11(10)18/h5-7,14,21H,3-4,8H2,1-2H3. The first-order valence-electron chi connectivity index (χ1n) is 6.84. The van der Waals surface area contributed by atoms with Crippen LogP contribution in [0.15, 0.2) is 18.2 Å². The minimum absolute atomic E-state index is 0.206. The Morgan fingerprint density at radius 3 is 2.62 bits per heavy atom. The van der Waals surface area contributed by atoms with Crippen molar-refractivity contribution in [1.82, 2.24) is 9.78 Å². The molecule has 0 bridgehead atoms. The van der Waals surface area contributed by atoms with E-state index in [9.17, 15) is 9.50 Å². The second kappa shape index (κ2) is 6.77. The summed E-state index contributed by atoms with van der Waals surface area (Å²) in [6.45, 7) is 4.56. The zero-order valence-corrected chi connectivity index (χ0v) is 13.4. The van der Waals surface area contributed by atoms with E-state index < -0.39 is 11.9 Å². The highest BCUT2D eigenvalue weighted by molar-refractivity contribution is 6.32. The predicted molar refractivity (Wildman–Crippen MR) is 82.4 cm³/mol. The molecule has 0 aliphatic heterocycles. The topological polar surface area (TPSA) is 38.0 Å².